The van der Waals surface area contributed by atoms with Gasteiger partial charge in [0.25, 0.3) is 0 Å². The first kappa shape index (κ1) is 30.4. The average Bonchev–Trinajstić information content (AvgIpc) is 2.86. The van der Waals surface area contributed by atoms with E-state index < -0.39 is 0 Å². The van der Waals surface area contributed by atoms with Crippen molar-refractivity contribution in [3.05, 3.63) is 71.8 Å². The monoisotopic (exact) mass is 467 g/mol. The molecule has 1 unspecified atom stereocenters. The van der Waals surface area contributed by atoms with E-state index in [-0.39, 0.29) is 16.9 Å². The van der Waals surface area contributed by atoms with Gasteiger partial charge in [-0.15, -0.1) is 0 Å². The fraction of sp³-hybridized carbons (Fsp3) is 0.625. The summed E-state index contributed by atoms with van der Waals surface area (Å²) in [5.74, 6) is 0. The Labute approximate surface area is 211 Å². The molecule has 2 aromatic carbocycles. The molecule has 0 saturated carbocycles. The van der Waals surface area contributed by atoms with E-state index in [2.05, 4.69) is 74.5 Å². The molecule has 0 aliphatic carbocycles. The summed E-state index contributed by atoms with van der Waals surface area (Å²) in [5.41, 5.74) is 9.38. The Morgan fingerprint density at radius 1 is 0.559 bits per heavy atom. The molecule has 0 radical (unpaired) electrons. The molecule has 2 heteroatoms. The van der Waals surface area contributed by atoms with Crippen LogP contribution in [0.15, 0.2) is 60.7 Å². The van der Waals surface area contributed by atoms with E-state index in [0.717, 1.165) is 6.42 Å². The number of hydrogen-bond acceptors (Lipinski definition) is 1. The van der Waals surface area contributed by atoms with E-state index in [4.69, 9.17) is 5.73 Å². The molecule has 2 rings (SSSR count). The molecule has 1 atom stereocenters. The lowest BCUT2D eigenvalue weighted by Gasteiger charge is -2.37. The SMILES string of the molecule is CCCCCCCCCCCCCCCCCC(N)C(C)(c1ccccc1)c1ccccc1.O. The summed E-state index contributed by atoms with van der Waals surface area (Å²) in [6.45, 7) is 4.62. The molecule has 4 N–H and O–H groups in total. The summed E-state index contributed by atoms with van der Waals surface area (Å²) in [4.78, 5) is 0. The van der Waals surface area contributed by atoms with Crippen LogP contribution in [-0.4, -0.2) is 11.5 Å². The second-order valence-corrected chi connectivity index (χ2v) is 10.3. The van der Waals surface area contributed by atoms with Crippen molar-refractivity contribution in [1.29, 1.82) is 0 Å². The maximum Gasteiger partial charge on any atom is 0.0325 e. The molecule has 2 nitrogen and oxygen atoms in total. The topological polar surface area (TPSA) is 57.5 Å². The second-order valence-electron chi connectivity index (χ2n) is 10.3. The molecule has 0 bridgehead atoms. The van der Waals surface area contributed by atoms with E-state index in [0.29, 0.717) is 0 Å². The highest BCUT2D eigenvalue weighted by Gasteiger charge is 2.34. The Morgan fingerprint density at radius 2 is 0.882 bits per heavy atom. The first-order chi connectivity index (χ1) is 16.2. The summed E-state index contributed by atoms with van der Waals surface area (Å²) in [6, 6.07) is 21.8. The van der Waals surface area contributed by atoms with E-state index in [1.54, 1.807) is 0 Å². The summed E-state index contributed by atoms with van der Waals surface area (Å²) >= 11 is 0. The Bertz CT molecular complexity index is 660. The fourth-order valence-electron chi connectivity index (χ4n) is 5.19. The Balaban J connectivity index is 0.00000578. The van der Waals surface area contributed by atoms with E-state index in [9.17, 15) is 0 Å². The number of hydrogen-bond donors (Lipinski definition) is 1. The first-order valence-electron chi connectivity index (χ1n) is 14.1. The normalized spacial score (nSPS) is 12.3. The zero-order valence-corrected chi connectivity index (χ0v) is 22.2. The van der Waals surface area contributed by atoms with Crippen LogP contribution in [0.2, 0.25) is 0 Å². The van der Waals surface area contributed by atoms with Crippen LogP contribution in [0.4, 0.5) is 0 Å². The highest BCUT2D eigenvalue weighted by molar-refractivity contribution is 5.40. The van der Waals surface area contributed by atoms with Gasteiger partial charge in [-0.2, -0.15) is 0 Å². The fourth-order valence-corrected chi connectivity index (χ4v) is 5.19. The molecule has 0 aliphatic rings. The summed E-state index contributed by atoms with van der Waals surface area (Å²) in [7, 11) is 0. The summed E-state index contributed by atoms with van der Waals surface area (Å²) < 4.78 is 0. The number of unbranched alkanes of at least 4 members (excludes halogenated alkanes) is 14. The van der Waals surface area contributed by atoms with Gasteiger partial charge in [-0.05, 0) is 24.5 Å². The van der Waals surface area contributed by atoms with Crippen LogP contribution in [0.1, 0.15) is 128 Å². The molecule has 0 spiro atoms. The molecule has 0 fully saturated rings. The van der Waals surface area contributed by atoms with Crippen molar-refractivity contribution in [2.45, 2.75) is 128 Å². The molecular formula is C32H53NO. The van der Waals surface area contributed by atoms with Crippen molar-refractivity contribution >= 4 is 0 Å². The third kappa shape index (κ3) is 10.7. The Morgan fingerprint density at radius 3 is 1.24 bits per heavy atom. The van der Waals surface area contributed by atoms with Crippen molar-refractivity contribution in [3.63, 3.8) is 0 Å². The molecule has 0 aromatic heterocycles. The van der Waals surface area contributed by atoms with E-state index in [1.807, 2.05) is 0 Å². The summed E-state index contributed by atoms with van der Waals surface area (Å²) in [6.07, 6.45) is 22.1. The zero-order chi connectivity index (χ0) is 23.6. The van der Waals surface area contributed by atoms with Crippen LogP contribution < -0.4 is 5.73 Å². The Hall–Kier alpha value is -1.64. The van der Waals surface area contributed by atoms with Gasteiger partial charge in [0.2, 0.25) is 0 Å². The van der Waals surface area contributed by atoms with Crippen LogP contribution >= 0.6 is 0 Å². The molecule has 0 saturated heterocycles. The van der Waals surface area contributed by atoms with Crippen molar-refractivity contribution in [3.8, 4) is 0 Å². The van der Waals surface area contributed by atoms with Gasteiger partial charge in [0.15, 0.2) is 0 Å². The van der Waals surface area contributed by atoms with Gasteiger partial charge >= 0.3 is 0 Å². The minimum absolute atomic E-state index is 0. The molecule has 0 aliphatic heterocycles. The quantitative estimate of drug-likeness (QED) is 0.206. The maximum atomic E-state index is 6.87. The van der Waals surface area contributed by atoms with Crippen molar-refractivity contribution in [1.82, 2.24) is 0 Å². The highest BCUT2D eigenvalue weighted by Crippen LogP contribution is 2.36. The molecule has 0 amide bonds. The van der Waals surface area contributed by atoms with Crippen molar-refractivity contribution in [2.75, 3.05) is 0 Å². The van der Waals surface area contributed by atoms with Crippen molar-refractivity contribution < 1.29 is 5.48 Å². The molecule has 2 aromatic rings. The van der Waals surface area contributed by atoms with Crippen LogP contribution in [0.5, 0.6) is 0 Å². The lowest BCUT2D eigenvalue weighted by Crippen LogP contribution is -2.44. The standard InChI is InChI=1S/C32H51N.H2O/c1-3-4-5-6-7-8-9-10-11-12-13-14-15-16-23-28-31(33)32(2,29-24-19-17-20-25-29)30-26-21-18-22-27-30;/h17-22,24-27,31H,3-16,23,28,33H2,1-2H3;1H2. The van der Waals surface area contributed by atoms with Gasteiger partial charge in [-0.1, -0.05) is 164 Å². The van der Waals surface area contributed by atoms with Crippen LogP contribution in [0.25, 0.3) is 0 Å². The first-order valence-corrected chi connectivity index (χ1v) is 14.1. The highest BCUT2D eigenvalue weighted by atomic mass is 16.0. The Kier molecular flexibility index (Phi) is 16.7. The zero-order valence-electron chi connectivity index (χ0n) is 22.2. The third-order valence-electron chi connectivity index (χ3n) is 7.61. The van der Waals surface area contributed by atoms with Gasteiger partial charge < -0.3 is 11.2 Å². The van der Waals surface area contributed by atoms with E-state index >= 15 is 0 Å². The van der Waals surface area contributed by atoms with Gasteiger partial charge in [0, 0.05) is 11.5 Å². The molecule has 0 heterocycles. The number of nitrogens with two attached hydrogens (primary N) is 1. The predicted octanol–water partition coefficient (Wildman–Crippen LogP) is 8.76. The smallest absolute Gasteiger partial charge is 0.0325 e. The number of rotatable bonds is 19. The molecule has 34 heavy (non-hydrogen) atoms. The third-order valence-corrected chi connectivity index (χ3v) is 7.61. The van der Waals surface area contributed by atoms with E-state index in [1.165, 1.54) is 107 Å². The summed E-state index contributed by atoms with van der Waals surface area (Å²) in [5, 5.41) is 0. The lowest BCUT2D eigenvalue weighted by molar-refractivity contribution is 0.401. The lowest BCUT2D eigenvalue weighted by atomic mass is 9.69. The largest absolute Gasteiger partial charge is 0.412 e. The van der Waals surface area contributed by atoms with Gasteiger partial charge in [-0.3, -0.25) is 0 Å². The minimum atomic E-state index is -0.140. The van der Waals surface area contributed by atoms with Crippen LogP contribution in [-0.2, 0) is 5.41 Å². The minimum Gasteiger partial charge on any atom is -0.412 e. The van der Waals surface area contributed by atoms with Gasteiger partial charge in [0.05, 0.1) is 0 Å². The number of benzene rings is 2. The van der Waals surface area contributed by atoms with Crippen LogP contribution in [0, 0.1) is 0 Å². The predicted molar refractivity (Wildman–Crippen MR) is 150 cm³/mol. The second kappa shape index (κ2) is 18.7. The van der Waals surface area contributed by atoms with Gasteiger partial charge in [0.1, 0.15) is 0 Å². The van der Waals surface area contributed by atoms with Crippen LogP contribution in [0.3, 0.4) is 0 Å². The maximum absolute atomic E-state index is 6.87. The van der Waals surface area contributed by atoms with Gasteiger partial charge in [-0.25, -0.2) is 0 Å². The molecule has 192 valence electrons. The van der Waals surface area contributed by atoms with Crippen molar-refractivity contribution in [2.24, 2.45) is 5.73 Å². The average molecular weight is 468 g/mol. The molecular weight excluding hydrogens is 414 g/mol.